The summed E-state index contributed by atoms with van der Waals surface area (Å²) < 4.78 is 38.5. The van der Waals surface area contributed by atoms with Crippen LogP contribution in [0.15, 0.2) is 84.2 Å². The first-order valence-electron chi connectivity index (χ1n) is 8.55. The summed E-state index contributed by atoms with van der Waals surface area (Å²) in [7, 11) is 0. The van der Waals surface area contributed by atoms with Gasteiger partial charge in [0.2, 0.25) is 0 Å². The van der Waals surface area contributed by atoms with Crippen LogP contribution in [0, 0.1) is 0 Å². The molecule has 1 aromatic heterocycles. The number of halogens is 3. The normalized spacial score (nSPS) is 11.4. The van der Waals surface area contributed by atoms with Gasteiger partial charge in [0.25, 0.3) is 0 Å². The fraction of sp³-hybridized carbons (Fsp3) is 0.0455. The number of aromatic nitrogens is 1. The molecule has 1 N–H and O–H groups in total. The largest absolute Gasteiger partial charge is 0.416 e. The first-order chi connectivity index (χ1) is 13.5. The highest BCUT2D eigenvalue weighted by atomic mass is 32.1. The van der Waals surface area contributed by atoms with Crippen molar-refractivity contribution in [1.29, 1.82) is 0 Å². The molecule has 0 amide bonds. The number of rotatable bonds is 4. The Labute approximate surface area is 164 Å². The summed E-state index contributed by atoms with van der Waals surface area (Å²) in [6, 6.07) is 23.2. The fourth-order valence-corrected chi connectivity index (χ4v) is 3.56. The first kappa shape index (κ1) is 18.3. The van der Waals surface area contributed by atoms with E-state index in [1.807, 2.05) is 47.8 Å². The Bertz CT molecular complexity index is 1070. The summed E-state index contributed by atoms with van der Waals surface area (Å²) in [4.78, 5) is 4.50. The summed E-state index contributed by atoms with van der Waals surface area (Å²) in [5.41, 5.74) is 3.65. The van der Waals surface area contributed by atoms with E-state index in [1.165, 1.54) is 17.4 Å². The first-order valence-corrected chi connectivity index (χ1v) is 9.43. The molecule has 4 rings (SSSR count). The van der Waals surface area contributed by atoms with Gasteiger partial charge in [-0.2, -0.15) is 13.2 Å². The fourth-order valence-electron chi connectivity index (χ4n) is 2.82. The summed E-state index contributed by atoms with van der Waals surface area (Å²) in [6.45, 7) is 0. The van der Waals surface area contributed by atoms with Crippen molar-refractivity contribution in [3.8, 4) is 22.4 Å². The van der Waals surface area contributed by atoms with Gasteiger partial charge >= 0.3 is 6.18 Å². The van der Waals surface area contributed by atoms with E-state index in [2.05, 4.69) is 22.4 Å². The van der Waals surface area contributed by atoms with Crippen molar-refractivity contribution in [2.75, 3.05) is 5.32 Å². The third-order valence-electron chi connectivity index (χ3n) is 4.23. The van der Waals surface area contributed by atoms with E-state index in [9.17, 15) is 13.2 Å². The van der Waals surface area contributed by atoms with Crippen LogP contribution in [0.4, 0.5) is 24.0 Å². The maximum atomic E-state index is 12.8. The van der Waals surface area contributed by atoms with Crippen LogP contribution in [0.3, 0.4) is 0 Å². The zero-order valence-electron chi connectivity index (χ0n) is 14.6. The van der Waals surface area contributed by atoms with Gasteiger partial charge in [0, 0.05) is 16.6 Å². The summed E-state index contributed by atoms with van der Waals surface area (Å²) in [5, 5.41) is 5.38. The second-order valence-electron chi connectivity index (χ2n) is 6.18. The molecule has 0 fully saturated rings. The van der Waals surface area contributed by atoms with Crippen molar-refractivity contribution >= 4 is 22.2 Å². The van der Waals surface area contributed by atoms with E-state index in [-0.39, 0.29) is 0 Å². The Hall–Kier alpha value is -3.12. The molecule has 140 valence electrons. The van der Waals surface area contributed by atoms with Crippen LogP contribution in [0.1, 0.15) is 5.56 Å². The average Bonchev–Trinajstić information content (AvgIpc) is 3.17. The molecule has 0 aliphatic carbocycles. The van der Waals surface area contributed by atoms with Crippen LogP contribution in [-0.2, 0) is 6.18 Å². The highest BCUT2D eigenvalue weighted by Gasteiger charge is 2.30. The zero-order valence-corrected chi connectivity index (χ0v) is 15.4. The summed E-state index contributed by atoms with van der Waals surface area (Å²) in [5.74, 6) is 0. The van der Waals surface area contributed by atoms with Crippen LogP contribution < -0.4 is 5.32 Å². The molecule has 0 radical (unpaired) electrons. The molecule has 0 saturated heterocycles. The predicted molar refractivity (Wildman–Crippen MR) is 108 cm³/mol. The van der Waals surface area contributed by atoms with Crippen LogP contribution in [0.5, 0.6) is 0 Å². The van der Waals surface area contributed by atoms with Crippen molar-refractivity contribution < 1.29 is 13.2 Å². The lowest BCUT2D eigenvalue weighted by atomic mass is 10.0. The summed E-state index contributed by atoms with van der Waals surface area (Å²) in [6.07, 6.45) is -4.37. The van der Waals surface area contributed by atoms with Crippen LogP contribution >= 0.6 is 11.3 Å². The smallest absolute Gasteiger partial charge is 0.332 e. The molecule has 0 aliphatic rings. The van der Waals surface area contributed by atoms with Gasteiger partial charge < -0.3 is 5.32 Å². The average molecular weight is 396 g/mol. The number of alkyl halides is 3. The van der Waals surface area contributed by atoms with E-state index >= 15 is 0 Å². The molecule has 0 unspecified atom stereocenters. The maximum absolute atomic E-state index is 12.8. The molecule has 0 saturated carbocycles. The Morgan fingerprint density at radius 3 is 2.14 bits per heavy atom. The Morgan fingerprint density at radius 1 is 0.750 bits per heavy atom. The third-order valence-corrected chi connectivity index (χ3v) is 4.99. The maximum Gasteiger partial charge on any atom is 0.416 e. The number of nitrogens with one attached hydrogen (secondary N) is 1. The Kier molecular flexibility index (Phi) is 4.88. The molecule has 4 aromatic rings. The number of anilines is 2. The lowest BCUT2D eigenvalue weighted by Crippen LogP contribution is -2.05. The van der Waals surface area contributed by atoms with Crippen LogP contribution in [0.2, 0.25) is 0 Å². The van der Waals surface area contributed by atoms with Gasteiger partial charge in [0.05, 0.1) is 11.3 Å². The van der Waals surface area contributed by atoms with E-state index in [4.69, 9.17) is 0 Å². The lowest BCUT2D eigenvalue weighted by molar-refractivity contribution is -0.137. The zero-order chi connectivity index (χ0) is 19.6. The van der Waals surface area contributed by atoms with Gasteiger partial charge in [-0.3, -0.25) is 0 Å². The molecule has 0 aliphatic heterocycles. The van der Waals surface area contributed by atoms with E-state index < -0.39 is 11.7 Å². The molecule has 1 heterocycles. The third kappa shape index (κ3) is 4.07. The molecule has 3 aromatic carbocycles. The van der Waals surface area contributed by atoms with E-state index in [0.29, 0.717) is 10.8 Å². The molecule has 28 heavy (non-hydrogen) atoms. The molecule has 0 atom stereocenters. The molecular weight excluding hydrogens is 381 g/mol. The van der Waals surface area contributed by atoms with Gasteiger partial charge in [-0.1, -0.05) is 60.7 Å². The molecular formula is C22H15F3N2S. The van der Waals surface area contributed by atoms with Crippen molar-refractivity contribution in [3.05, 3.63) is 89.8 Å². The minimum Gasteiger partial charge on any atom is -0.332 e. The predicted octanol–water partition coefficient (Wildman–Crippen LogP) is 7.24. The topological polar surface area (TPSA) is 24.9 Å². The van der Waals surface area contributed by atoms with Gasteiger partial charge in [-0.05, 0) is 29.3 Å². The Morgan fingerprint density at radius 2 is 1.43 bits per heavy atom. The van der Waals surface area contributed by atoms with Crippen molar-refractivity contribution in [1.82, 2.24) is 4.98 Å². The molecule has 0 spiro atoms. The molecule has 6 heteroatoms. The minimum absolute atomic E-state index is 0.357. The quantitative estimate of drug-likeness (QED) is 0.393. The number of benzene rings is 3. The lowest BCUT2D eigenvalue weighted by Gasteiger charge is -2.09. The highest BCUT2D eigenvalue weighted by Crippen LogP contribution is 2.33. The number of thiazole rings is 1. The van der Waals surface area contributed by atoms with E-state index in [1.54, 1.807) is 6.07 Å². The van der Waals surface area contributed by atoms with E-state index in [0.717, 1.165) is 34.5 Å². The Balaban J connectivity index is 1.52. The second-order valence-corrected chi connectivity index (χ2v) is 7.04. The standard InChI is InChI=1S/C22H15F3N2S/c23-22(24,25)18-7-4-8-19(13-18)26-21-27-20(14-28-21)17-11-9-16(10-12-17)15-5-2-1-3-6-15/h1-14H,(H,26,27). The SMILES string of the molecule is FC(F)(F)c1cccc(Nc2nc(-c3ccc(-c4ccccc4)cc3)cs2)c1. The monoisotopic (exact) mass is 396 g/mol. The molecule has 0 bridgehead atoms. The van der Waals surface area contributed by atoms with Gasteiger partial charge in [-0.25, -0.2) is 4.98 Å². The number of hydrogen-bond acceptors (Lipinski definition) is 3. The van der Waals surface area contributed by atoms with Gasteiger partial charge in [-0.15, -0.1) is 11.3 Å². The van der Waals surface area contributed by atoms with Gasteiger partial charge in [0.15, 0.2) is 5.13 Å². The van der Waals surface area contributed by atoms with Crippen LogP contribution in [-0.4, -0.2) is 4.98 Å². The van der Waals surface area contributed by atoms with Crippen molar-refractivity contribution in [2.45, 2.75) is 6.18 Å². The van der Waals surface area contributed by atoms with Gasteiger partial charge in [0.1, 0.15) is 0 Å². The van der Waals surface area contributed by atoms with Crippen molar-refractivity contribution in [2.24, 2.45) is 0 Å². The molecule has 2 nitrogen and oxygen atoms in total. The minimum atomic E-state index is -4.37. The number of hydrogen-bond donors (Lipinski definition) is 1. The summed E-state index contributed by atoms with van der Waals surface area (Å²) >= 11 is 1.35. The van der Waals surface area contributed by atoms with Crippen LogP contribution in [0.25, 0.3) is 22.4 Å². The highest BCUT2D eigenvalue weighted by molar-refractivity contribution is 7.14. The second kappa shape index (κ2) is 7.48. The number of nitrogens with zero attached hydrogens (tertiary/aromatic N) is 1. The van der Waals surface area contributed by atoms with Crippen molar-refractivity contribution in [3.63, 3.8) is 0 Å².